The predicted octanol–water partition coefficient (Wildman–Crippen LogP) is 1.11. The Kier molecular flexibility index (Phi) is 5.08. The number of aromatic nitrogens is 6. The molecule has 0 N–H and O–H groups in total. The molecule has 0 radical (unpaired) electrons. The summed E-state index contributed by atoms with van der Waals surface area (Å²) in [7, 11) is 0. The van der Waals surface area contributed by atoms with Crippen molar-refractivity contribution in [2.45, 2.75) is 39.7 Å². The smallest absolute Gasteiger partial charge is 0.266 e. The fourth-order valence-electron chi connectivity index (χ4n) is 3.58. The first-order valence-electron chi connectivity index (χ1n) is 10.0. The molecule has 0 amide bonds. The van der Waals surface area contributed by atoms with Crippen LogP contribution in [0.25, 0.3) is 5.78 Å². The van der Waals surface area contributed by atoms with Crippen molar-refractivity contribution in [1.82, 2.24) is 34.3 Å². The number of nitrogens with zero attached hydrogens (tertiary/aromatic N) is 8. The summed E-state index contributed by atoms with van der Waals surface area (Å²) in [5.41, 5.74) is 1.76. The van der Waals surface area contributed by atoms with E-state index in [0.29, 0.717) is 12.3 Å². The molecule has 0 saturated carbocycles. The second-order valence-corrected chi connectivity index (χ2v) is 8.59. The molecule has 1 saturated heterocycles. The summed E-state index contributed by atoms with van der Waals surface area (Å²) in [4.78, 5) is 25.5. The normalized spacial score (nSPS) is 15.9. The maximum atomic E-state index is 12.2. The molecule has 9 heteroatoms. The van der Waals surface area contributed by atoms with Gasteiger partial charge in [-0.15, -0.1) is 0 Å². The number of hydrogen-bond donors (Lipinski definition) is 0. The summed E-state index contributed by atoms with van der Waals surface area (Å²) in [6, 6.07) is 5.51. The SMILES string of the molecule is Cc1cc(N2CCN(CCn3nc(C(C)(C)C)ccc3=O)CC2)n2ncnc2n1. The minimum Gasteiger partial charge on any atom is -0.354 e. The van der Waals surface area contributed by atoms with E-state index in [1.54, 1.807) is 15.3 Å². The summed E-state index contributed by atoms with van der Waals surface area (Å²) in [5.74, 6) is 1.66. The molecular weight excluding hydrogens is 368 g/mol. The first kappa shape index (κ1) is 19.5. The monoisotopic (exact) mass is 396 g/mol. The van der Waals surface area contributed by atoms with Gasteiger partial charge in [-0.2, -0.15) is 19.7 Å². The molecule has 154 valence electrons. The average molecular weight is 396 g/mol. The molecule has 3 aromatic heterocycles. The van der Waals surface area contributed by atoms with Gasteiger partial charge in [-0.1, -0.05) is 20.8 Å². The van der Waals surface area contributed by atoms with Crippen LogP contribution in [0.3, 0.4) is 0 Å². The zero-order valence-electron chi connectivity index (χ0n) is 17.5. The predicted molar refractivity (Wildman–Crippen MR) is 111 cm³/mol. The molecule has 1 fully saturated rings. The Bertz CT molecular complexity index is 1060. The molecule has 0 bridgehead atoms. The van der Waals surface area contributed by atoms with E-state index in [1.807, 2.05) is 13.0 Å². The van der Waals surface area contributed by atoms with Crippen LogP contribution in [0.15, 0.2) is 29.3 Å². The molecule has 3 aromatic rings. The van der Waals surface area contributed by atoms with E-state index in [0.717, 1.165) is 49.9 Å². The van der Waals surface area contributed by atoms with Crippen LogP contribution in [0.2, 0.25) is 0 Å². The second-order valence-electron chi connectivity index (χ2n) is 8.59. The third-order valence-electron chi connectivity index (χ3n) is 5.32. The van der Waals surface area contributed by atoms with Crippen molar-refractivity contribution in [2.24, 2.45) is 0 Å². The van der Waals surface area contributed by atoms with Gasteiger partial charge in [0.15, 0.2) is 0 Å². The van der Waals surface area contributed by atoms with Crippen molar-refractivity contribution in [1.29, 1.82) is 0 Å². The Balaban J connectivity index is 1.40. The summed E-state index contributed by atoms with van der Waals surface area (Å²) < 4.78 is 3.39. The molecule has 1 aliphatic heterocycles. The van der Waals surface area contributed by atoms with Crippen molar-refractivity contribution < 1.29 is 0 Å². The first-order valence-corrected chi connectivity index (χ1v) is 10.0. The van der Waals surface area contributed by atoms with Gasteiger partial charge in [-0.3, -0.25) is 9.69 Å². The van der Waals surface area contributed by atoms with Crippen molar-refractivity contribution in [3.05, 3.63) is 46.3 Å². The summed E-state index contributed by atoms with van der Waals surface area (Å²) in [6.45, 7) is 13.3. The minimum atomic E-state index is -0.0730. The number of anilines is 1. The first-order chi connectivity index (χ1) is 13.8. The van der Waals surface area contributed by atoms with Gasteiger partial charge in [0.2, 0.25) is 0 Å². The minimum absolute atomic E-state index is 0.0440. The Morgan fingerprint density at radius 3 is 2.55 bits per heavy atom. The highest BCUT2D eigenvalue weighted by Gasteiger charge is 2.21. The lowest BCUT2D eigenvalue weighted by molar-refractivity contribution is 0.241. The van der Waals surface area contributed by atoms with Crippen molar-refractivity contribution in [3.8, 4) is 0 Å². The molecule has 0 atom stereocenters. The highest BCUT2D eigenvalue weighted by molar-refractivity contribution is 5.47. The molecule has 4 heterocycles. The van der Waals surface area contributed by atoms with Crippen LogP contribution in [0, 0.1) is 6.92 Å². The Morgan fingerprint density at radius 1 is 1.07 bits per heavy atom. The Morgan fingerprint density at radius 2 is 1.83 bits per heavy atom. The Hall–Kier alpha value is -2.81. The van der Waals surface area contributed by atoms with Gasteiger partial charge in [0.1, 0.15) is 12.1 Å². The van der Waals surface area contributed by atoms with Gasteiger partial charge < -0.3 is 4.90 Å². The fourth-order valence-corrected chi connectivity index (χ4v) is 3.58. The number of piperazine rings is 1. The lowest BCUT2D eigenvalue weighted by atomic mass is 9.92. The standard InChI is InChI=1S/C20H28N8O/c1-15-13-17(28-19(23-15)21-14-22-28)26-10-7-25(8-11-26)9-12-27-18(29)6-5-16(24-27)20(2,3)4/h5-6,13-14H,7-12H2,1-4H3. The van der Waals surface area contributed by atoms with Crippen molar-refractivity contribution in [3.63, 3.8) is 0 Å². The lowest BCUT2D eigenvalue weighted by Crippen LogP contribution is -2.48. The maximum Gasteiger partial charge on any atom is 0.266 e. The highest BCUT2D eigenvalue weighted by atomic mass is 16.1. The summed E-state index contributed by atoms with van der Waals surface area (Å²) in [6.07, 6.45) is 1.54. The van der Waals surface area contributed by atoms with Crippen LogP contribution in [-0.2, 0) is 12.0 Å². The molecular formula is C20H28N8O. The topological polar surface area (TPSA) is 84.5 Å². The van der Waals surface area contributed by atoms with Crippen molar-refractivity contribution in [2.75, 3.05) is 37.6 Å². The molecule has 0 aliphatic carbocycles. The zero-order chi connectivity index (χ0) is 20.6. The maximum absolute atomic E-state index is 12.2. The van der Waals surface area contributed by atoms with Crippen LogP contribution >= 0.6 is 0 Å². The van der Waals surface area contributed by atoms with Gasteiger partial charge in [0, 0.05) is 56.0 Å². The van der Waals surface area contributed by atoms with Gasteiger partial charge >= 0.3 is 0 Å². The van der Waals surface area contributed by atoms with Crippen LogP contribution < -0.4 is 10.5 Å². The van der Waals surface area contributed by atoms with E-state index in [1.165, 1.54) is 6.33 Å². The average Bonchev–Trinajstić information content (AvgIpc) is 3.14. The van der Waals surface area contributed by atoms with Crippen LogP contribution in [0.5, 0.6) is 0 Å². The van der Waals surface area contributed by atoms with Gasteiger partial charge in [-0.05, 0) is 13.0 Å². The van der Waals surface area contributed by atoms with Gasteiger partial charge in [0.05, 0.1) is 12.2 Å². The van der Waals surface area contributed by atoms with E-state index in [4.69, 9.17) is 0 Å². The van der Waals surface area contributed by atoms with Gasteiger partial charge in [0.25, 0.3) is 11.3 Å². The van der Waals surface area contributed by atoms with Crippen molar-refractivity contribution >= 4 is 11.6 Å². The molecule has 9 nitrogen and oxygen atoms in total. The quantitative estimate of drug-likeness (QED) is 0.653. The van der Waals surface area contributed by atoms with E-state index >= 15 is 0 Å². The molecule has 1 aliphatic rings. The third kappa shape index (κ3) is 4.14. The largest absolute Gasteiger partial charge is 0.354 e. The fraction of sp³-hybridized carbons (Fsp3) is 0.550. The Labute approximate surface area is 170 Å². The zero-order valence-corrected chi connectivity index (χ0v) is 17.5. The van der Waals surface area contributed by atoms with Gasteiger partial charge in [-0.25, -0.2) is 9.67 Å². The van der Waals surface area contributed by atoms with E-state index < -0.39 is 0 Å². The van der Waals surface area contributed by atoms with E-state index in [9.17, 15) is 4.79 Å². The number of fused-ring (bicyclic) bond motifs is 1. The summed E-state index contributed by atoms with van der Waals surface area (Å²) in [5, 5.41) is 8.88. The lowest BCUT2D eigenvalue weighted by Gasteiger charge is -2.35. The van der Waals surface area contributed by atoms with E-state index in [-0.39, 0.29) is 11.0 Å². The number of rotatable bonds is 4. The molecule has 29 heavy (non-hydrogen) atoms. The third-order valence-corrected chi connectivity index (χ3v) is 5.32. The molecule has 4 rings (SSSR count). The molecule has 0 unspecified atom stereocenters. The summed E-state index contributed by atoms with van der Waals surface area (Å²) >= 11 is 0. The van der Waals surface area contributed by atoms with Crippen LogP contribution in [-0.4, -0.2) is 67.0 Å². The highest BCUT2D eigenvalue weighted by Crippen LogP contribution is 2.19. The van der Waals surface area contributed by atoms with E-state index in [2.05, 4.69) is 56.8 Å². The number of aryl methyl sites for hydroxylation is 1. The number of hydrogen-bond acceptors (Lipinski definition) is 7. The molecule has 0 aromatic carbocycles. The molecule has 0 spiro atoms. The van der Waals surface area contributed by atoms with Crippen LogP contribution in [0.4, 0.5) is 5.82 Å². The van der Waals surface area contributed by atoms with Crippen LogP contribution in [0.1, 0.15) is 32.2 Å². The second kappa shape index (κ2) is 7.55.